The van der Waals surface area contributed by atoms with Crippen LogP contribution in [0.4, 0.5) is 0 Å². The van der Waals surface area contributed by atoms with E-state index >= 15 is 0 Å². The molecule has 0 radical (unpaired) electrons. The molecule has 0 fully saturated rings. The minimum atomic E-state index is 0.632. The van der Waals surface area contributed by atoms with Crippen LogP contribution < -0.4 is 18.9 Å². The van der Waals surface area contributed by atoms with Crippen LogP contribution in [0.2, 0.25) is 0 Å². The average Bonchev–Trinajstić information content (AvgIpc) is 4.29. The lowest BCUT2D eigenvalue weighted by molar-refractivity contribution is 0.289. The molecule has 402 valence electrons. The topological polar surface area (TPSA) is 94.3 Å². The van der Waals surface area contributed by atoms with Crippen molar-refractivity contribution in [3.8, 4) is 69.9 Å². The number of ether oxygens (including phenoxy) is 4. The zero-order valence-electron chi connectivity index (χ0n) is 46.6. The number of benzene rings is 2. The van der Waals surface area contributed by atoms with Gasteiger partial charge in [-0.15, -0.1) is 12.8 Å². The van der Waals surface area contributed by atoms with Crippen LogP contribution in [-0.4, -0.2) is 46.4 Å². The highest BCUT2D eigenvalue weighted by Crippen LogP contribution is 2.39. The molecule has 0 amide bonds. The van der Waals surface area contributed by atoms with Crippen LogP contribution in [0.15, 0.2) is 60.7 Å². The lowest BCUT2D eigenvalue weighted by atomic mass is 10.0. The summed E-state index contributed by atoms with van der Waals surface area (Å²) in [6, 6.07) is 20.7. The fraction of sp³-hybridized carbons (Fsp3) is 0.471. The summed E-state index contributed by atoms with van der Waals surface area (Å²) < 4.78 is 26.1. The summed E-state index contributed by atoms with van der Waals surface area (Å²) in [7, 11) is 0. The molecule has 8 bridgehead atoms. The summed E-state index contributed by atoms with van der Waals surface area (Å²) in [6.45, 7) is 11.5. The van der Waals surface area contributed by atoms with Crippen molar-refractivity contribution in [3.05, 3.63) is 94.6 Å². The monoisotopic (exact) mass is 1020 g/mol. The number of H-pyrrole nitrogens is 2. The predicted molar refractivity (Wildman–Crippen MR) is 321 cm³/mol. The summed E-state index contributed by atoms with van der Waals surface area (Å²) in [5.74, 6) is 9.08. The van der Waals surface area contributed by atoms with Gasteiger partial charge in [-0.2, -0.15) is 0 Å². The molecule has 0 saturated carbocycles. The number of nitrogens with zero attached hydrogens (tertiary/aromatic N) is 2. The first-order chi connectivity index (χ1) is 37.5. The van der Waals surface area contributed by atoms with Gasteiger partial charge in [0.2, 0.25) is 0 Å². The van der Waals surface area contributed by atoms with Crippen molar-refractivity contribution in [2.75, 3.05) is 26.4 Å². The van der Waals surface area contributed by atoms with E-state index in [9.17, 15) is 0 Å². The van der Waals surface area contributed by atoms with E-state index in [0.29, 0.717) is 48.9 Å². The molecule has 8 nitrogen and oxygen atoms in total. The lowest BCUT2D eigenvalue weighted by Gasteiger charge is -2.14. The molecule has 8 heteroatoms. The van der Waals surface area contributed by atoms with E-state index < -0.39 is 0 Å². The van der Waals surface area contributed by atoms with Crippen molar-refractivity contribution in [1.29, 1.82) is 0 Å². The van der Waals surface area contributed by atoms with Gasteiger partial charge in [-0.3, -0.25) is 0 Å². The molecule has 0 unspecified atom stereocenters. The van der Waals surface area contributed by atoms with Crippen LogP contribution in [-0.2, 0) is 0 Å². The van der Waals surface area contributed by atoms with Crippen LogP contribution in [0.25, 0.3) is 68.6 Å². The maximum atomic E-state index is 6.54. The predicted octanol–water partition coefficient (Wildman–Crippen LogP) is 18.9. The minimum Gasteiger partial charge on any atom is -0.493 e. The standard InChI is InChI=1S/C68H86N4O4/c1-7-13-17-21-25-29-41-73-53-45-51(46-54(49-53)74-42-30-26-22-18-14-8-2)67-63-37-33-59(69-63)57(11-5)61-35-39-65(71-61)68(66-40-36-62(72-66)58(12-6)60-34-38-64(67)70-60)52-47-55(75-43-31-27-23-19-15-9-3)50-56(48-52)76-44-32-28-24-20-16-10-4/h5-6,33-40,45-50,69,72H,7-10,13-32,41-44H2,1-4H3. The average molecular weight is 1020 g/mol. The Morgan fingerprint density at radius 1 is 0.355 bits per heavy atom. The first-order valence-electron chi connectivity index (χ1n) is 29.4. The summed E-state index contributed by atoms with van der Waals surface area (Å²) in [6.07, 6.45) is 49.5. The SMILES string of the molecule is C#Cc1c2nc(c(-c3cc(OCCCCCCCC)cc(OCCCCCCCC)c3)c3ccc([nH]3)c(C#C)c3nc(c(-c4cc(OCCCCCCCC)cc(OCCCCCCCC)c4)c4ccc1[nH]4)C=C3)C=C2. The summed E-state index contributed by atoms with van der Waals surface area (Å²) in [5.41, 5.74) is 10.9. The van der Waals surface area contributed by atoms with E-state index in [-0.39, 0.29) is 0 Å². The van der Waals surface area contributed by atoms with Crippen molar-refractivity contribution in [2.45, 2.75) is 182 Å². The van der Waals surface area contributed by atoms with Gasteiger partial charge in [-0.1, -0.05) is 168 Å². The summed E-state index contributed by atoms with van der Waals surface area (Å²) in [4.78, 5) is 18.1. The van der Waals surface area contributed by atoms with Gasteiger partial charge < -0.3 is 28.9 Å². The number of aromatic nitrogens is 4. The van der Waals surface area contributed by atoms with Crippen molar-refractivity contribution in [3.63, 3.8) is 0 Å². The van der Waals surface area contributed by atoms with E-state index in [1.165, 1.54) is 103 Å². The van der Waals surface area contributed by atoms with Gasteiger partial charge in [0.15, 0.2) is 0 Å². The van der Waals surface area contributed by atoms with Crippen molar-refractivity contribution < 1.29 is 18.9 Å². The highest BCUT2D eigenvalue weighted by molar-refractivity contribution is 5.95. The molecule has 2 aliphatic rings. The number of hydrogen-bond acceptors (Lipinski definition) is 6. The Balaban J connectivity index is 1.34. The van der Waals surface area contributed by atoms with E-state index in [2.05, 4.69) is 85.9 Å². The van der Waals surface area contributed by atoms with Gasteiger partial charge in [-0.25, -0.2) is 9.97 Å². The van der Waals surface area contributed by atoms with Gasteiger partial charge in [0.25, 0.3) is 0 Å². The highest BCUT2D eigenvalue weighted by atomic mass is 16.5. The van der Waals surface area contributed by atoms with E-state index in [4.69, 9.17) is 41.8 Å². The fourth-order valence-electron chi connectivity index (χ4n) is 10.2. The van der Waals surface area contributed by atoms with Crippen LogP contribution in [0.3, 0.4) is 0 Å². The van der Waals surface area contributed by atoms with E-state index in [1.54, 1.807) is 0 Å². The largest absolute Gasteiger partial charge is 0.493 e. The van der Waals surface area contributed by atoms with Gasteiger partial charge >= 0.3 is 0 Å². The molecular weight excluding hydrogens is 937 g/mol. The van der Waals surface area contributed by atoms with Crippen LogP contribution >= 0.6 is 0 Å². The molecule has 2 N–H and O–H groups in total. The Morgan fingerprint density at radius 3 is 0.934 bits per heavy atom. The molecule has 7 rings (SSSR count). The Morgan fingerprint density at radius 2 is 0.632 bits per heavy atom. The molecule has 0 atom stereocenters. The number of unbranched alkanes of at least 4 members (excludes halogenated alkanes) is 20. The zero-order valence-corrected chi connectivity index (χ0v) is 46.6. The molecule has 0 saturated heterocycles. The van der Waals surface area contributed by atoms with Gasteiger partial charge in [0.05, 0.1) is 71.4 Å². The molecule has 3 aromatic heterocycles. The Kier molecular flexibility index (Phi) is 23.6. The Hall–Kier alpha value is -6.64. The Bertz CT molecular complexity index is 2670. The van der Waals surface area contributed by atoms with Crippen molar-refractivity contribution >= 4 is 46.4 Å². The molecule has 5 heterocycles. The fourth-order valence-corrected chi connectivity index (χ4v) is 10.2. The van der Waals surface area contributed by atoms with Crippen molar-refractivity contribution in [1.82, 2.24) is 19.9 Å². The first kappa shape index (κ1) is 57.1. The molecule has 5 aromatic rings. The third kappa shape index (κ3) is 16.7. The highest BCUT2D eigenvalue weighted by Gasteiger charge is 2.19. The van der Waals surface area contributed by atoms with Gasteiger partial charge in [-0.05, 0) is 110 Å². The number of aromatic amines is 2. The summed E-state index contributed by atoms with van der Waals surface area (Å²) in [5, 5.41) is 0. The number of nitrogens with one attached hydrogen (secondary N) is 2. The van der Waals surface area contributed by atoms with Crippen LogP contribution in [0, 0.1) is 24.7 Å². The second kappa shape index (κ2) is 31.4. The minimum absolute atomic E-state index is 0.632. The Labute approximate surface area is 456 Å². The molecule has 2 aromatic carbocycles. The molecule has 0 aliphatic carbocycles. The maximum Gasteiger partial charge on any atom is 0.123 e. The third-order valence-corrected chi connectivity index (χ3v) is 14.4. The number of terminal acetylenes is 2. The second-order valence-electron chi connectivity index (χ2n) is 20.6. The first-order valence-corrected chi connectivity index (χ1v) is 29.4. The quantitative estimate of drug-likeness (QED) is 0.0308. The smallest absolute Gasteiger partial charge is 0.123 e. The van der Waals surface area contributed by atoms with E-state index in [1.807, 2.05) is 48.6 Å². The molecule has 2 aliphatic heterocycles. The number of rotatable bonds is 34. The normalized spacial score (nSPS) is 11.7. The third-order valence-electron chi connectivity index (χ3n) is 14.4. The summed E-state index contributed by atoms with van der Waals surface area (Å²) >= 11 is 0. The molecular formula is C68H86N4O4. The van der Waals surface area contributed by atoms with Crippen LogP contribution in [0.1, 0.15) is 216 Å². The number of hydrogen-bond donors (Lipinski definition) is 2. The van der Waals surface area contributed by atoms with E-state index in [0.717, 1.165) is 130 Å². The zero-order chi connectivity index (χ0) is 53.2. The van der Waals surface area contributed by atoms with Gasteiger partial charge in [0, 0.05) is 34.3 Å². The molecule has 76 heavy (non-hydrogen) atoms. The lowest BCUT2D eigenvalue weighted by Crippen LogP contribution is -2.01. The van der Waals surface area contributed by atoms with Crippen molar-refractivity contribution in [2.24, 2.45) is 0 Å². The second-order valence-corrected chi connectivity index (χ2v) is 20.6. The van der Waals surface area contributed by atoms with Gasteiger partial charge in [0.1, 0.15) is 23.0 Å². The molecule has 0 spiro atoms. The van der Waals surface area contributed by atoms with Crippen LogP contribution in [0.5, 0.6) is 23.0 Å². The number of fused-ring (bicyclic) bond motifs is 8. The maximum absolute atomic E-state index is 6.54.